The summed E-state index contributed by atoms with van der Waals surface area (Å²) in [6, 6.07) is 0. The molecule has 0 fully saturated rings. The molecule has 0 heterocycles. The maximum Gasteiger partial charge on any atom is 3.00 e. The molecule has 0 rings (SSSR count). The van der Waals surface area contributed by atoms with Crippen molar-refractivity contribution in [2.45, 2.75) is 39.1 Å². The Bertz CT molecular complexity index is 225. The molecule has 9 nitrogen and oxygen atoms in total. The molecule has 0 aliphatic carbocycles. The Morgan fingerprint density at radius 2 is 0.750 bits per heavy atom. The van der Waals surface area contributed by atoms with Crippen molar-refractivity contribution in [3.63, 3.8) is 0 Å². The molecule has 0 bridgehead atoms. The molecular formula is C9H16AlClO9. The first-order valence-corrected chi connectivity index (χ1v) is 4.60. The van der Waals surface area contributed by atoms with Gasteiger partial charge in [-0.3, -0.25) is 0 Å². The van der Waals surface area contributed by atoms with E-state index in [-0.39, 0.29) is 29.8 Å². The first kappa shape index (κ1) is 31.5. The van der Waals surface area contributed by atoms with Crippen LogP contribution < -0.4 is 15.3 Å². The van der Waals surface area contributed by atoms with E-state index in [0.717, 1.165) is 20.8 Å². The zero-order chi connectivity index (χ0) is 15.5. The predicted octanol–water partition coefficient (Wildman–Crippen LogP) is -5.61. The molecule has 0 saturated carbocycles. The molecule has 3 atom stereocenters. The molecule has 20 heavy (non-hydrogen) atoms. The third-order valence-electron chi connectivity index (χ3n) is 1.02. The van der Waals surface area contributed by atoms with Crippen LogP contribution in [0.2, 0.25) is 0 Å². The van der Waals surface area contributed by atoms with Crippen molar-refractivity contribution in [3.05, 3.63) is 0 Å². The van der Waals surface area contributed by atoms with Crippen LogP contribution in [0.25, 0.3) is 0 Å². The molecule has 0 spiro atoms. The third kappa shape index (κ3) is 36.0. The van der Waals surface area contributed by atoms with Gasteiger partial charge in [0.1, 0.15) is 0 Å². The van der Waals surface area contributed by atoms with Crippen molar-refractivity contribution in [2.24, 2.45) is 0 Å². The largest absolute Gasteiger partial charge is 3.00 e. The third-order valence-corrected chi connectivity index (χ3v) is 1.02. The number of carbonyl (C=O) groups is 3. The number of aliphatic carboxylic acids is 3. The molecule has 0 saturated heterocycles. The summed E-state index contributed by atoms with van der Waals surface area (Å²) in [7, 11) is 0. The van der Waals surface area contributed by atoms with Crippen LogP contribution in [0.15, 0.2) is 0 Å². The van der Waals surface area contributed by atoms with Crippen molar-refractivity contribution < 1.29 is 45.0 Å². The first-order chi connectivity index (χ1) is 7.93. The Labute approximate surface area is 132 Å². The smallest absolute Gasteiger partial charge is 0.547 e. The van der Waals surface area contributed by atoms with Crippen molar-refractivity contribution >= 4 is 47.7 Å². The number of carbonyl (C=O) groups excluding carboxylic acids is 3. The van der Waals surface area contributed by atoms with E-state index in [4.69, 9.17) is 15.3 Å². The minimum absolute atomic E-state index is 0. The maximum absolute atomic E-state index is 9.34. The Morgan fingerprint density at radius 1 is 0.700 bits per heavy atom. The van der Waals surface area contributed by atoms with Crippen molar-refractivity contribution in [1.82, 2.24) is 0 Å². The van der Waals surface area contributed by atoms with Gasteiger partial charge in [-0.2, -0.15) is 0 Å². The number of hydrogen-bond acceptors (Lipinski definition) is 9. The van der Waals surface area contributed by atoms with Gasteiger partial charge in [-0.25, -0.2) is 0 Å². The fourth-order valence-electron chi connectivity index (χ4n) is 0. The normalized spacial score (nSPS) is 12.3. The molecule has 0 amide bonds. The van der Waals surface area contributed by atoms with E-state index in [1.165, 1.54) is 0 Å². The summed E-state index contributed by atoms with van der Waals surface area (Å²) in [6.07, 6.45) is -4.03. The fourth-order valence-corrected chi connectivity index (χ4v) is 0. The molecule has 0 aromatic carbocycles. The Morgan fingerprint density at radius 3 is 0.750 bits per heavy atom. The van der Waals surface area contributed by atoms with Crippen LogP contribution in [0.4, 0.5) is 0 Å². The van der Waals surface area contributed by atoms with Gasteiger partial charge < -0.3 is 45.0 Å². The van der Waals surface area contributed by atoms with Gasteiger partial charge in [-0.15, -0.1) is 12.4 Å². The summed E-state index contributed by atoms with van der Waals surface area (Å²) >= 11 is 0. The molecule has 0 radical (unpaired) electrons. The monoisotopic (exact) mass is 330 g/mol. The van der Waals surface area contributed by atoms with Gasteiger partial charge in [0.05, 0.1) is 36.2 Å². The van der Waals surface area contributed by atoms with E-state index in [9.17, 15) is 29.7 Å². The molecular weight excluding hydrogens is 315 g/mol. The summed E-state index contributed by atoms with van der Waals surface area (Å²) < 4.78 is 0. The maximum atomic E-state index is 9.34. The van der Waals surface area contributed by atoms with E-state index in [2.05, 4.69) is 0 Å². The second-order valence-electron chi connectivity index (χ2n) is 2.99. The Balaban J connectivity index is -0.0000000536. The molecule has 0 aromatic rings. The number of hydrogen-bond donors (Lipinski definition) is 3. The Kier molecular flexibility index (Phi) is 28.5. The van der Waals surface area contributed by atoms with Crippen LogP contribution in [0.5, 0.6) is 0 Å². The fraction of sp³-hybridized carbons (Fsp3) is 0.667. The summed E-state index contributed by atoms with van der Waals surface area (Å²) in [5, 5.41) is 51.9. The van der Waals surface area contributed by atoms with E-state index in [0.29, 0.717) is 0 Å². The second kappa shape index (κ2) is 18.1. The van der Waals surface area contributed by atoms with Gasteiger partial charge >= 0.3 is 17.4 Å². The van der Waals surface area contributed by atoms with Gasteiger partial charge in [0, 0.05) is 0 Å². The zero-order valence-corrected chi connectivity index (χ0v) is 13.0. The predicted molar refractivity (Wildman–Crippen MR) is 63.1 cm³/mol. The van der Waals surface area contributed by atoms with Crippen LogP contribution in [0, 0.1) is 0 Å². The molecule has 11 heteroatoms. The van der Waals surface area contributed by atoms with Gasteiger partial charge in [-0.05, 0) is 20.8 Å². The first-order valence-electron chi connectivity index (χ1n) is 4.60. The topological polar surface area (TPSA) is 181 Å². The van der Waals surface area contributed by atoms with E-state index in [1.54, 1.807) is 0 Å². The number of rotatable bonds is 3. The molecule has 0 aliphatic rings. The SMILES string of the molecule is CC(O)C(=O)[O-].CC(O)C(=O)[O-].CC(O)C(=O)[O-].Cl.[Al+3]. The summed E-state index contributed by atoms with van der Waals surface area (Å²) in [5.41, 5.74) is 0. The quantitative estimate of drug-likeness (QED) is 0.425. The molecule has 3 unspecified atom stereocenters. The van der Waals surface area contributed by atoms with Crippen LogP contribution >= 0.6 is 12.4 Å². The molecule has 3 N–H and O–H groups in total. The zero-order valence-electron chi connectivity index (χ0n) is 11.0. The van der Waals surface area contributed by atoms with Gasteiger partial charge in [0.15, 0.2) is 0 Å². The van der Waals surface area contributed by atoms with Crippen LogP contribution in [0.1, 0.15) is 20.8 Å². The van der Waals surface area contributed by atoms with E-state index in [1.807, 2.05) is 0 Å². The second-order valence-corrected chi connectivity index (χ2v) is 2.99. The van der Waals surface area contributed by atoms with Crippen molar-refractivity contribution in [3.8, 4) is 0 Å². The summed E-state index contributed by atoms with van der Waals surface area (Å²) in [6.45, 7) is 3.40. The number of carboxylic acids is 3. The van der Waals surface area contributed by atoms with Crippen molar-refractivity contribution in [1.29, 1.82) is 0 Å². The average Bonchev–Trinajstić information content (AvgIpc) is 2.18. The molecule has 116 valence electrons. The minimum atomic E-state index is -1.44. The Hall–Kier alpha value is -0.888. The van der Waals surface area contributed by atoms with E-state index >= 15 is 0 Å². The van der Waals surface area contributed by atoms with Gasteiger partial charge in [0.25, 0.3) is 0 Å². The molecule has 0 aliphatic heterocycles. The van der Waals surface area contributed by atoms with Crippen LogP contribution in [0.3, 0.4) is 0 Å². The average molecular weight is 331 g/mol. The number of aliphatic hydroxyl groups excluding tert-OH is 3. The van der Waals surface area contributed by atoms with Gasteiger partial charge in [-0.1, -0.05) is 0 Å². The summed E-state index contributed by atoms with van der Waals surface area (Å²) in [5.74, 6) is -4.31. The number of carboxylic acid groups (broad SMARTS) is 3. The van der Waals surface area contributed by atoms with Crippen LogP contribution in [-0.2, 0) is 14.4 Å². The number of halogens is 1. The standard InChI is InChI=1S/3C3H6O3.Al.ClH/c3*1-2(4)3(5)6;;/h3*2,4H,1H3,(H,5,6);;1H/q;;;+3;/p-3. The van der Waals surface area contributed by atoms with Crippen molar-refractivity contribution in [2.75, 3.05) is 0 Å². The number of aliphatic hydroxyl groups is 3. The minimum Gasteiger partial charge on any atom is -0.547 e. The summed E-state index contributed by atoms with van der Waals surface area (Å²) in [4.78, 5) is 28.0. The van der Waals surface area contributed by atoms with E-state index < -0.39 is 36.2 Å². The van der Waals surface area contributed by atoms with Gasteiger partial charge in [0.2, 0.25) is 0 Å². The van der Waals surface area contributed by atoms with Crippen LogP contribution in [-0.4, -0.2) is 68.9 Å². The molecule has 0 aromatic heterocycles.